The number of amides is 1. The van der Waals surface area contributed by atoms with E-state index in [9.17, 15) is 4.79 Å². The van der Waals surface area contributed by atoms with Crippen molar-refractivity contribution in [2.24, 2.45) is 0 Å². The molecular formula is C14H17N3O2S. The predicted molar refractivity (Wildman–Crippen MR) is 77.8 cm³/mol. The van der Waals surface area contributed by atoms with Gasteiger partial charge in [0.15, 0.2) is 0 Å². The highest BCUT2D eigenvalue weighted by molar-refractivity contribution is 7.13. The van der Waals surface area contributed by atoms with E-state index in [1.54, 1.807) is 17.9 Å². The quantitative estimate of drug-likeness (QED) is 0.910. The third kappa shape index (κ3) is 2.76. The number of hydrogen-bond acceptors (Lipinski definition) is 5. The molecule has 1 saturated heterocycles. The molecule has 1 aliphatic heterocycles. The van der Waals surface area contributed by atoms with Gasteiger partial charge in [-0.3, -0.25) is 4.79 Å². The van der Waals surface area contributed by atoms with Crippen LogP contribution >= 0.6 is 11.3 Å². The molecule has 5 nitrogen and oxygen atoms in total. The number of piperidine rings is 1. The molecule has 0 saturated carbocycles. The van der Waals surface area contributed by atoms with Gasteiger partial charge in [0.05, 0.1) is 6.26 Å². The monoisotopic (exact) mass is 291 g/mol. The van der Waals surface area contributed by atoms with Gasteiger partial charge in [0.2, 0.25) is 0 Å². The zero-order chi connectivity index (χ0) is 13.9. The van der Waals surface area contributed by atoms with E-state index in [0.717, 1.165) is 30.0 Å². The Morgan fingerprint density at radius 1 is 1.60 bits per heavy atom. The van der Waals surface area contributed by atoms with Crippen molar-refractivity contribution < 1.29 is 9.21 Å². The standard InChI is InChI=1S/C14H17N3O2S/c1-9-11(3-2-5-15-9)16-13(18)12-8-20-14(17-12)10-4-6-19-7-10/h4,6-9,11,15H,2-3,5H2,1H3,(H,16,18). The predicted octanol–water partition coefficient (Wildman–Crippen LogP) is 2.27. The Kier molecular flexibility index (Phi) is 3.84. The van der Waals surface area contributed by atoms with Gasteiger partial charge < -0.3 is 15.1 Å². The second-order valence-electron chi connectivity index (χ2n) is 5.01. The van der Waals surface area contributed by atoms with Gasteiger partial charge in [-0.1, -0.05) is 0 Å². The molecule has 2 aromatic rings. The van der Waals surface area contributed by atoms with Gasteiger partial charge in [-0.2, -0.15) is 0 Å². The van der Waals surface area contributed by atoms with Crippen LogP contribution in [-0.2, 0) is 0 Å². The number of carbonyl (C=O) groups excluding carboxylic acids is 1. The van der Waals surface area contributed by atoms with E-state index >= 15 is 0 Å². The molecule has 2 N–H and O–H groups in total. The summed E-state index contributed by atoms with van der Waals surface area (Å²) in [6.07, 6.45) is 5.34. The molecule has 2 aromatic heterocycles. The third-order valence-electron chi connectivity index (χ3n) is 3.58. The van der Waals surface area contributed by atoms with Gasteiger partial charge in [0.25, 0.3) is 5.91 Å². The number of rotatable bonds is 3. The summed E-state index contributed by atoms with van der Waals surface area (Å²) in [5.41, 5.74) is 1.38. The van der Waals surface area contributed by atoms with Crippen LogP contribution in [0.2, 0.25) is 0 Å². The lowest BCUT2D eigenvalue weighted by Gasteiger charge is -2.30. The fourth-order valence-corrected chi connectivity index (χ4v) is 3.17. The van der Waals surface area contributed by atoms with Crippen molar-refractivity contribution in [2.75, 3.05) is 6.54 Å². The van der Waals surface area contributed by atoms with Crippen LogP contribution in [0.1, 0.15) is 30.3 Å². The van der Waals surface area contributed by atoms with Crippen molar-refractivity contribution in [2.45, 2.75) is 31.8 Å². The van der Waals surface area contributed by atoms with Crippen molar-refractivity contribution >= 4 is 17.2 Å². The first-order chi connectivity index (χ1) is 9.74. The highest BCUT2D eigenvalue weighted by Crippen LogP contribution is 2.24. The van der Waals surface area contributed by atoms with Gasteiger partial charge in [0, 0.05) is 23.0 Å². The minimum absolute atomic E-state index is 0.100. The Morgan fingerprint density at radius 3 is 3.25 bits per heavy atom. The first kappa shape index (κ1) is 13.3. The van der Waals surface area contributed by atoms with Crippen molar-refractivity contribution in [3.8, 4) is 10.6 Å². The minimum atomic E-state index is -0.100. The largest absolute Gasteiger partial charge is 0.472 e. The minimum Gasteiger partial charge on any atom is -0.472 e. The molecule has 1 fully saturated rings. The highest BCUT2D eigenvalue weighted by Gasteiger charge is 2.23. The molecular weight excluding hydrogens is 274 g/mol. The maximum absolute atomic E-state index is 12.2. The van der Waals surface area contributed by atoms with Gasteiger partial charge in [0.1, 0.15) is 17.0 Å². The fourth-order valence-electron chi connectivity index (χ4n) is 2.38. The van der Waals surface area contributed by atoms with E-state index in [-0.39, 0.29) is 11.9 Å². The van der Waals surface area contributed by atoms with Crippen LogP contribution in [0.4, 0.5) is 0 Å². The second-order valence-corrected chi connectivity index (χ2v) is 5.87. The fraction of sp³-hybridized carbons (Fsp3) is 0.429. The SMILES string of the molecule is CC1NCCCC1NC(=O)c1csc(-c2ccoc2)n1. The summed E-state index contributed by atoms with van der Waals surface area (Å²) in [4.78, 5) is 16.6. The summed E-state index contributed by atoms with van der Waals surface area (Å²) in [6, 6.07) is 2.32. The molecule has 2 atom stereocenters. The van der Waals surface area contributed by atoms with E-state index in [2.05, 4.69) is 22.5 Å². The molecule has 20 heavy (non-hydrogen) atoms. The lowest BCUT2D eigenvalue weighted by molar-refractivity contribution is 0.0915. The lowest BCUT2D eigenvalue weighted by atomic mass is 10.00. The number of carbonyl (C=O) groups is 1. The molecule has 1 aliphatic rings. The maximum atomic E-state index is 12.2. The smallest absolute Gasteiger partial charge is 0.271 e. The molecule has 0 spiro atoms. The molecule has 3 heterocycles. The average Bonchev–Trinajstić information content (AvgIpc) is 3.11. The van der Waals surface area contributed by atoms with Gasteiger partial charge in [-0.05, 0) is 32.4 Å². The maximum Gasteiger partial charge on any atom is 0.271 e. The normalized spacial score (nSPS) is 22.6. The second kappa shape index (κ2) is 5.76. The number of furan rings is 1. The summed E-state index contributed by atoms with van der Waals surface area (Å²) >= 11 is 1.45. The van der Waals surface area contributed by atoms with Gasteiger partial charge >= 0.3 is 0 Å². The molecule has 0 bridgehead atoms. The molecule has 0 radical (unpaired) electrons. The highest BCUT2D eigenvalue weighted by atomic mass is 32.1. The summed E-state index contributed by atoms with van der Waals surface area (Å²) in [6.45, 7) is 3.12. The molecule has 3 rings (SSSR count). The summed E-state index contributed by atoms with van der Waals surface area (Å²) in [5.74, 6) is -0.100. The molecule has 0 aromatic carbocycles. The Bertz CT molecular complexity index is 579. The molecule has 6 heteroatoms. The van der Waals surface area contributed by atoms with Gasteiger partial charge in [-0.15, -0.1) is 11.3 Å². The van der Waals surface area contributed by atoms with Gasteiger partial charge in [-0.25, -0.2) is 4.98 Å². The Labute approximate surface area is 121 Å². The Balaban J connectivity index is 1.68. The van der Waals surface area contributed by atoms with E-state index in [1.807, 2.05) is 6.07 Å². The van der Waals surface area contributed by atoms with Crippen LogP contribution in [0.5, 0.6) is 0 Å². The summed E-state index contributed by atoms with van der Waals surface area (Å²) < 4.78 is 5.03. The van der Waals surface area contributed by atoms with Crippen LogP contribution in [-0.4, -0.2) is 29.5 Å². The number of aromatic nitrogens is 1. The van der Waals surface area contributed by atoms with E-state index in [4.69, 9.17) is 4.42 Å². The summed E-state index contributed by atoms with van der Waals surface area (Å²) in [7, 11) is 0. The van der Waals surface area contributed by atoms with E-state index in [1.165, 1.54) is 11.3 Å². The number of nitrogens with zero attached hydrogens (tertiary/aromatic N) is 1. The Hall–Kier alpha value is -1.66. The van der Waals surface area contributed by atoms with Crippen LogP contribution in [0.25, 0.3) is 10.6 Å². The van der Waals surface area contributed by atoms with Crippen LogP contribution in [0.15, 0.2) is 28.4 Å². The molecule has 2 unspecified atom stereocenters. The zero-order valence-corrected chi connectivity index (χ0v) is 12.1. The third-order valence-corrected chi connectivity index (χ3v) is 4.47. The van der Waals surface area contributed by atoms with Crippen LogP contribution in [0.3, 0.4) is 0 Å². The van der Waals surface area contributed by atoms with E-state index in [0.29, 0.717) is 11.7 Å². The van der Waals surface area contributed by atoms with Crippen molar-refractivity contribution in [1.82, 2.24) is 15.6 Å². The molecule has 106 valence electrons. The van der Waals surface area contributed by atoms with Crippen molar-refractivity contribution in [3.05, 3.63) is 29.7 Å². The molecule has 1 amide bonds. The number of nitrogens with one attached hydrogen (secondary N) is 2. The first-order valence-electron chi connectivity index (χ1n) is 6.76. The van der Waals surface area contributed by atoms with Crippen LogP contribution in [0, 0.1) is 0 Å². The topological polar surface area (TPSA) is 67.2 Å². The summed E-state index contributed by atoms with van der Waals surface area (Å²) in [5, 5.41) is 9.03. The zero-order valence-electron chi connectivity index (χ0n) is 11.3. The number of thiazole rings is 1. The van der Waals surface area contributed by atoms with E-state index < -0.39 is 0 Å². The lowest BCUT2D eigenvalue weighted by Crippen LogP contribution is -2.51. The average molecular weight is 291 g/mol. The number of hydrogen-bond donors (Lipinski definition) is 2. The van der Waals surface area contributed by atoms with Crippen LogP contribution < -0.4 is 10.6 Å². The van der Waals surface area contributed by atoms with Crippen molar-refractivity contribution in [1.29, 1.82) is 0 Å². The van der Waals surface area contributed by atoms with Crippen molar-refractivity contribution in [3.63, 3.8) is 0 Å². The Morgan fingerprint density at radius 2 is 2.50 bits per heavy atom. The molecule has 0 aliphatic carbocycles. The first-order valence-corrected chi connectivity index (χ1v) is 7.64.